The molecule has 0 atom stereocenters. The summed E-state index contributed by atoms with van der Waals surface area (Å²) in [5.74, 6) is -0.236. The van der Waals surface area contributed by atoms with Gasteiger partial charge in [0.25, 0.3) is 5.69 Å². The summed E-state index contributed by atoms with van der Waals surface area (Å²) in [4.78, 5) is 22.2. The van der Waals surface area contributed by atoms with E-state index >= 15 is 0 Å². The summed E-state index contributed by atoms with van der Waals surface area (Å²) in [6, 6.07) is 10.1. The number of hydrogen-bond donors (Lipinski definition) is 0. The lowest BCUT2D eigenvalue weighted by Crippen LogP contribution is -2.10. The van der Waals surface area contributed by atoms with Gasteiger partial charge >= 0.3 is 5.97 Å². The number of nitro groups is 1. The summed E-state index contributed by atoms with van der Waals surface area (Å²) in [6.45, 7) is 0. The highest BCUT2D eigenvalue weighted by Crippen LogP contribution is 2.34. The molecule has 23 heavy (non-hydrogen) atoms. The van der Waals surface area contributed by atoms with Crippen molar-refractivity contribution in [3.05, 3.63) is 61.2 Å². The van der Waals surface area contributed by atoms with E-state index in [0.717, 1.165) is 0 Å². The molecular weight excluding hydrogens is 415 g/mol. The first-order chi connectivity index (χ1) is 11.0. The van der Waals surface area contributed by atoms with Crippen molar-refractivity contribution in [2.24, 2.45) is 0 Å². The van der Waals surface area contributed by atoms with Crippen LogP contribution in [0.25, 0.3) is 0 Å². The van der Waals surface area contributed by atoms with Gasteiger partial charge in [-0.15, -0.1) is 0 Å². The fourth-order valence-electron chi connectivity index (χ4n) is 1.75. The van der Waals surface area contributed by atoms with E-state index in [-0.39, 0.29) is 22.7 Å². The van der Waals surface area contributed by atoms with Crippen LogP contribution in [0.4, 0.5) is 5.69 Å². The van der Waals surface area contributed by atoms with E-state index in [2.05, 4.69) is 0 Å². The fraction of sp³-hybridized carbons (Fsp3) is 0.0667. The first-order valence-electron chi connectivity index (χ1n) is 6.20. The van der Waals surface area contributed by atoms with Crippen LogP contribution in [-0.4, -0.2) is 18.0 Å². The number of halogens is 1. The number of esters is 1. The van der Waals surface area contributed by atoms with Gasteiger partial charge in [-0.05, 0) is 40.8 Å². The summed E-state index contributed by atoms with van der Waals surface area (Å²) in [5, 5.41) is 19.5. The Morgan fingerprint density at radius 2 is 1.96 bits per heavy atom. The lowest BCUT2D eigenvalue weighted by Gasteiger charge is -2.11. The van der Waals surface area contributed by atoms with Gasteiger partial charge in [0.1, 0.15) is 0 Å². The van der Waals surface area contributed by atoms with Gasteiger partial charge in [0.15, 0.2) is 11.5 Å². The molecular formula is C15H9IN2O5. The molecule has 2 aromatic carbocycles. The van der Waals surface area contributed by atoms with Crippen LogP contribution < -0.4 is 9.47 Å². The molecule has 0 saturated carbocycles. The molecule has 8 heteroatoms. The van der Waals surface area contributed by atoms with Gasteiger partial charge in [0.05, 0.1) is 32.8 Å². The standard InChI is InChI=1S/C15H9IN2O5/c1-22-13-7-9(8-17)6-12(16)14(13)23-15(19)10-2-4-11(5-3-10)18(20)21/h2-7H,1H3. The first-order valence-corrected chi connectivity index (χ1v) is 7.28. The van der Waals surface area contributed by atoms with Gasteiger partial charge < -0.3 is 9.47 Å². The number of ether oxygens (including phenoxy) is 2. The van der Waals surface area contributed by atoms with Gasteiger partial charge in [-0.2, -0.15) is 5.26 Å². The van der Waals surface area contributed by atoms with Crippen LogP contribution in [0.1, 0.15) is 15.9 Å². The van der Waals surface area contributed by atoms with E-state index in [1.54, 1.807) is 6.07 Å². The van der Waals surface area contributed by atoms with Crippen molar-refractivity contribution < 1.29 is 19.2 Å². The maximum atomic E-state index is 12.2. The quantitative estimate of drug-likeness (QED) is 0.245. The molecule has 0 saturated heterocycles. The zero-order chi connectivity index (χ0) is 17.0. The highest BCUT2D eigenvalue weighted by Gasteiger charge is 2.17. The maximum absolute atomic E-state index is 12.2. The molecule has 2 aromatic rings. The van der Waals surface area contributed by atoms with Gasteiger partial charge in [0.2, 0.25) is 0 Å². The molecule has 0 spiro atoms. The SMILES string of the molecule is COc1cc(C#N)cc(I)c1OC(=O)c1ccc([N+](=O)[O-])cc1. The minimum Gasteiger partial charge on any atom is -0.493 e. The lowest BCUT2D eigenvalue weighted by molar-refractivity contribution is -0.384. The molecule has 0 radical (unpaired) electrons. The third-order valence-electron chi connectivity index (χ3n) is 2.87. The molecule has 0 aromatic heterocycles. The molecule has 0 aliphatic carbocycles. The molecule has 0 amide bonds. The van der Waals surface area contributed by atoms with E-state index in [1.165, 1.54) is 37.4 Å². The number of benzene rings is 2. The molecule has 0 heterocycles. The van der Waals surface area contributed by atoms with Crippen LogP contribution >= 0.6 is 22.6 Å². The van der Waals surface area contributed by atoms with Crippen molar-refractivity contribution in [2.75, 3.05) is 7.11 Å². The average molecular weight is 424 g/mol. The molecule has 116 valence electrons. The number of hydrogen-bond acceptors (Lipinski definition) is 6. The first kappa shape index (κ1) is 16.7. The molecule has 7 nitrogen and oxygen atoms in total. The summed E-state index contributed by atoms with van der Waals surface area (Å²) in [7, 11) is 1.40. The number of carbonyl (C=O) groups is 1. The molecule has 2 rings (SSSR count). The van der Waals surface area contributed by atoms with Gasteiger partial charge in [-0.1, -0.05) is 0 Å². The Morgan fingerprint density at radius 1 is 1.30 bits per heavy atom. The van der Waals surface area contributed by atoms with Crippen LogP contribution in [0.15, 0.2) is 36.4 Å². The number of nitrogens with zero attached hydrogens (tertiary/aromatic N) is 2. The van der Waals surface area contributed by atoms with E-state index < -0.39 is 10.9 Å². The van der Waals surface area contributed by atoms with Crippen molar-refractivity contribution in [3.63, 3.8) is 0 Å². The number of nitriles is 1. The molecule has 0 fully saturated rings. The zero-order valence-corrected chi connectivity index (χ0v) is 13.9. The van der Waals surface area contributed by atoms with E-state index in [4.69, 9.17) is 14.7 Å². The topological polar surface area (TPSA) is 102 Å². The average Bonchev–Trinajstić information content (AvgIpc) is 2.56. The molecule has 0 unspecified atom stereocenters. The van der Waals surface area contributed by atoms with Crippen molar-refractivity contribution >= 4 is 34.2 Å². The predicted octanol–water partition coefficient (Wildman–Crippen LogP) is 3.30. The van der Waals surface area contributed by atoms with E-state index in [0.29, 0.717) is 9.13 Å². The van der Waals surface area contributed by atoms with Gasteiger partial charge in [0, 0.05) is 18.2 Å². The van der Waals surface area contributed by atoms with Crippen LogP contribution in [0.5, 0.6) is 11.5 Å². The second kappa shape index (κ2) is 7.06. The number of methoxy groups -OCH3 is 1. The summed E-state index contributed by atoms with van der Waals surface area (Å²) in [6.07, 6.45) is 0. The van der Waals surface area contributed by atoms with E-state index in [9.17, 15) is 14.9 Å². The summed E-state index contributed by atoms with van der Waals surface area (Å²) in [5.41, 5.74) is 0.422. The smallest absolute Gasteiger partial charge is 0.343 e. The highest BCUT2D eigenvalue weighted by molar-refractivity contribution is 14.1. The van der Waals surface area contributed by atoms with Crippen LogP contribution in [0.3, 0.4) is 0 Å². The van der Waals surface area contributed by atoms with Crippen LogP contribution in [-0.2, 0) is 0 Å². The largest absolute Gasteiger partial charge is 0.493 e. The zero-order valence-electron chi connectivity index (χ0n) is 11.8. The molecule has 0 aliphatic rings. The van der Waals surface area contributed by atoms with Gasteiger partial charge in [-0.3, -0.25) is 10.1 Å². The predicted molar refractivity (Wildman–Crippen MR) is 88.5 cm³/mol. The van der Waals surface area contributed by atoms with Crippen LogP contribution in [0.2, 0.25) is 0 Å². The molecule has 0 bridgehead atoms. The normalized spacial score (nSPS) is 9.78. The fourth-order valence-corrected chi connectivity index (χ4v) is 2.47. The second-order valence-corrected chi connectivity index (χ2v) is 5.46. The molecule has 0 aliphatic heterocycles. The Labute approximate surface area is 144 Å². The second-order valence-electron chi connectivity index (χ2n) is 4.29. The Kier molecular flexibility index (Phi) is 5.13. The minimum atomic E-state index is -0.680. The maximum Gasteiger partial charge on any atom is 0.343 e. The molecule has 0 N–H and O–H groups in total. The lowest BCUT2D eigenvalue weighted by atomic mass is 10.2. The Bertz CT molecular complexity index is 812. The van der Waals surface area contributed by atoms with Crippen molar-refractivity contribution in [1.82, 2.24) is 0 Å². The van der Waals surface area contributed by atoms with E-state index in [1.807, 2.05) is 28.7 Å². The highest BCUT2D eigenvalue weighted by atomic mass is 127. The monoisotopic (exact) mass is 424 g/mol. The van der Waals surface area contributed by atoms with Gasteiger partial charge in [-0.25, -0.2) is 4.79 Å². The Morgan fingerprint density at radius 3 is 2.48 bits per heavy atom. The summed E-state index contributed by atoms with van der Waals surface area (Å²) >= 11 is 1.93. The van der Waals surface area contributed by atoms with Crippen molar-refractivity contribution in [3.8, 4) is 17.6 Å². The Balaban J connectivity index is 2.30. The van der Waals surface area contributed by atoms with Crippen LogP contribution in [0, 0.1) is 25.0 Å². The summed E-state index contributed by atoms with van der Waals surface area (Å²) < 4.78 is 11.0. The number of non-ortho nitro benzene ring substituents is 1. The van der Waals surface area contributed by atoms with Crippen molar-refractivity contribution in [2.45, 2.75) is 0 Å². The third kappa shape index (κ3) is 3.75. The number of carbonyl (C=O) groups excluding carboxylic acids is 1. The minimum absolute atomic E-state index is 0.118. The number of rotatable bonds is 4. The number of nitro benzene ring substituents is 1. The van der Waals surface area contributed by atoms with Crippen molar-refractivity contribution in [1.29, 1.82) is 5.26 Å². The Hall–Kier alpha value is -2.67. The third-order valence-corrected chi connectivity index (χ3v) is 3.67.